The molecule has 0 atom stereocenters. The number of aromatic amines is 1. The van der Waals surface area contributed by atoms with Crippen LogP contribution in [0.5, 0.6) is 0 Å². The van der Waals surface area contributed by atoms with Crippen molar-refractivity contribution in [3.05, 3.63) is 17.2 Å². The minimum absolute atomic E-state index is 0.767. The Morgan fingerprint density at radius 1 is 0.889 bits per heavy atom. The summed E-state index contributed by atoms with van der Waals surface area (Å²) in [6.45, 7) is 1.97. The van der Waals surface area contributed by atoms with Crippen molar-refractivity contribution in [1.29, 1.82) is 0 Å². The smallest absolute Gasteiger partial charge is 0.110 e. The van der Waals surface area contributed by atoms with Crippen LogP contribution in [0.2, 0.25) is 0 Å². The SMILES string of the molecule is C1NCc2[nH]c(C3C4CC5CC(C4)CC3C5)nc21. The van der Waals surface area contributed by atoms with Crippen LogP contribution in [0.1, 0.15) is 55.2 Å². The van der Waals surface area contributed by atoms with Crippen molar-refractivity contribution in [2.75, 3.05) is 0 Å². The Morgan fingerprint density at radius 3 is 2.28 bits per heavy atom. The molecule has 4 saturated carbocycles. The molecule has 18 heavy (non-hydrogen) atoms. The fourth-order valence-corrected chi connectivity index (χ4v) is 5.60. The maximum atomic E-state index is 4.92. The number of hydrogen-bond acceptors (Lipinski definition) is 2. The van der Waals surface area contributed by atoms with Crippen LogP contribution in [0.3, 0.4) is 0 Å². The number of H-pyrrole nitrogens is 1. The van der Waals surface area contributed by atoms with Gasteiger partial charge in [0.15, 0.2) is 0 Å². The predicted octanol–water partition coefficient (Wildman–Crippen LogP) is 2.55. The minimum atomic E-state index is 0.767. The van der Waals surface area contributed by atoms with Crippen molar-refractivity contribution in [2.24, 2.45) is 23.7 Å². The van der Waals surface area contributed by atoms with E-state index in [-0.39, 0.29) is 0 Å². The second-order valence-corrected chi connectivity index (χ2v) is 7.11. The molecule has 1 aliphatic heterocycles. The lowest BCUT2D eigenvalue weighted by Gasteiger charge is -2.53. The Kier molecular flexibility index (Phi) is 1.88. The largest absolute Gasteiger partial charge is 0.344 e. The van der Waals surface area contributed by atoms with Gasteiger partial charge in [0, 0.05) is 19.0 Å². The van der Waals surface area contributed by atoms with Gasteiger partial charge in [-0.05, 0) is 55.8 Å². The maximum absolute atomic E-state index is 4.92. The van der Waals surface area contributed by atoms with Gasteiger partial charge >= 0.3 is 0 Å². The molecular weight excluding hydrogens is 222 g/mol. The van der Waals surface area contributed by atoms with E-state index < -0.39 is 0 Å². The average Bonchev–Trinajstić information content (AvgIpc) is 2.87. The van der Waals surface area contributed by atoms with E-state index >= 15 is 0 Å². The Labute approximate surface area is 108 Å². The molecule has 3 heteroatoms. The summed E-state index contributed by atoms with van der Waals surface area (Å²) in [7, 11) is 0. The number of aromatic nitrogens is 2. The van der Waals surface area contributed by atoms with Crippen molar-refractivity contribution >= 4 is 0 Å². The number of nitrogens with zero attached hydrogens (tertiary/aromatic N) is 1. The number of imidazole rings is 1. The first-order valence-corrected chi connectivity index (χ1v) is 7.65. The van der Waals surface area contributed by atoms with Crippen molar-refractivity contribution in [2.45, 2.75) is 51.1 Å². The van der Waals surface area contributed by atoms with Gasteiger partial charge in [-0.3, -0.25) is 0 Å². The third kappa shape index (κ3) is 1.26. The number of hydrogen-bond donors (Lipinski definition) is 2. The van der Waals surface area contributed by atoms with Gasteiger partial charge in [0.25, 0.3) is 0 Å². The van der Waals surface area contributed by atoms with Crippen molar-refractivity contribution in [1.82, 2.24) is 15.3 Å². The van der Waals surface area contributed by atoms with E-state index in [1.54, 1.807) is 0 Å². The number of fused-ring (bicyclic) bond motifs is 1. The summed E-state index contributed by atoms with van der Waals surface area (Å²) < 4.78 is 0. The summed E-state index contributed by atoms with van der Waals surface area (Å²) in [4.78, 5) is 8.57. The summed E-state index contributed by atoms with van der Waals surface area (Å²) in [6, 6.07) is 0. The molecule has 2 N–H and O–H groups in total. The van der Waals surface area contributed by atoms with Gasteiger partial charge in [0.2, 0.25) is 0 Å². The van der Waals surface area contributed by atoms with E-state index in [4.69, 9.17) is 4.98 Å². The Balaban J connectivity index is 1.52. The highest BCUT2D eigenvalue weighted by molar-refractivity contribution is 5.22. The molecule has 96 valence electrons. The molecule has 0 unspecified atom stereocenters. The maximum Gasteiger partial charge on any atom is 0.110 e. The molecular formula is C15H21N3. The van der Waals surface area contributed by atoms with Crippen LogP contribution >= 0.6 is 0 Å². The normalized spacial score (nSPS) is 44.6. The van der Waals surface area contributed by atoms with Gasteiger partial charge in [-0.1, -0.05) is 0 Å². The molecule has 0 saturated heterocycles. The molecule has 1 aromatic heterocycles. The summed E-state index contributed by atoms with van der Waals surface area (Å²) >= 11 is 0. The van der Waals surface area contributed by atoms with Crippen LogP contribution in [0.25, 0.3) is 0 Å². The van der Waals surface area contributed by atoms with E-state index in [0.29, 0.717) is 0 Å². The standard InChI is InChI=1S/C15H21N3/c1-8-2-10-4-9(1)5-11(3-8)14(10)15-17-12-6-16-7-13(12)18-15/h8-11,14,16H,1-7H2,(H,17,18). The third-order valence-electron chi connectivity index (χ3n) is 6.02. The highest BCUT2D eigenvalue weighted by Crippen LogP contribution is 2.59. The molecule has 0 spiro atoms. The van der Waals surface area contributed by atoms with Crippen molar-refractivity contribution in [3.63, 3.8) is 0 Å². The highest BCUT2D eigenvalue weighted by Gasteiger charge is 2.49. The van der Waals surface area contributed by atoms with E-state index in [9.17, 15) is 0 Å². The van der Waals surface area contributed by atoms with Gasteiger partial charge in [-0.2, -0.15) is 0 Å². The summed E-state index contributed by atoms with van der Waals surface area (Å²) in [5.41, 5.74) is 2.65. The van der Waals surface area contributed by atoms with Crippen LogP contribution in [-0.4, -0.2) is 9.97 Å². The first kappa shape index (κ1) is 10.0. The highest BCUT2D eigenvalue weighted by atomic mass is 15.0. The van der Waals surface area contributed by atoms with Crippen LogP contribution in [-0.2, 0) is 13.1 Å². The van der Waals surface area contributed by atoms with Crippen LogP contribution < -0.4 is 5.32 Å². The zero-order chi connectivity index (χ0) is 11.7. The lowest BCUT2D eigenvalue weighted by molar-refractivity contribution is -0.00546. The summed E-state index contributed by atoms with van der Waals surface area (Å²) in [5.74, 6) is 6.12. The first-order chi connectivity index (χ1) is 8.87. The van der Waals surface area contributed by atoms with E-state index in [0.717, 1.165) is 42.7 Å². The van der Waals surface area contributed by atoms with Gasteiger partial charge < -0.3 is 10.3 Å². The van der Waals surface area contributed by atoms with Crippen LogP contribution in [0.4, 0.5) is 0 Å². The molecule has 4 bridgehead atoms. The Hall–Kier alpha value is -0.830. The monoisotopic (exact) mass is 243 g/mol. The van der Waals surface area contributed by atoms with Crippen molar-refractivity contribution < 1.29 is 0 Å². The zero-order valence-electron chi connectivity index (χ0n) is 10.8. The molecule has 1 aromatic rings. The van der Waals surface area contributed by atoms with Gasteiger partial charge in [-0.15, -0.1) is 0 Å². The molecule has 0 radical (unpaired) electrons. The molecule has 3 nitrogen and oxygen atoms in total. The Morgan fingerprint density at radius 2 is 1.61 bits per heavy atom. The molecule has 2 heterocycles. The average molecular weight is 243 g/mol. The first-order valence-electron chi connectivity index (χ1n) is 7.65. The Bertz CT molecular complexity index is 440. The summed E-state index contributed by atoms with van der Waals surface area (Å²) in [6.07, 6.45) is 7.49. The second-order valence-electron chi connectivity index (χ2n) is 7.11. The molecule has 5 aliphatic rings. The number of nitrogens with one attached hydrogen (secondary N) is 2. The molecule has 0 aromatic carbocycles. The fraction of sp³-hybridized carbons (Fsp3) is 0.800. The molecule has 0 amide bonds. The van der Waals surface area contributed by atoms with Gasteiger partial charge in [-0.25, -0.2) is 4.98 Å². The quantitative estimate of drug-likeness (QED) is 0.796. The molecule has 4 aliphatic carbocycles. The van der Waals surface area contributed by atoms with Crippen LogP contribution in [0, 0.1) is 23.7 Å². The van der Waals surface area contributed by atoms with Crippen molar-refractivity contribution in [3.8, 4) is 0 Å². The van der Waals surface area contributed by atoms with Crippen LogP contribution in [0.15, 0.2) is 0 Å². The molecule has 4 fully saturated rings. The van der Waals surface area contributed by atoms with E-state index in [1.807, 2.05) is 0 Å². The predicted molar refractivity (Wildman–Crippen MR) is 68.9 cm³/mol. The lowest BCUT2D eigenvalue weighted by Crippen LogP contribution is -2.44. The second kappa shape index (κ2) is 3.38. The van der Waals surface area contributed by atoms with Gasteiger partial charge in [0.05, 0.1) is 11.4 Å². The summed E-state index contributed by atoms with van der Waals surface area (Å²) in [5, 5.41) is 3.37. The fourth-order valence-electron chi connectivity index (χ4n) is 5.60. The zero-order valence-corrected chi connectivity index (χ0v) is 10.8. The lowest BCUT2D eigenvalue weighted by atomic mass is 9.52. The van der Waals surface area contributed by atoms with Gasteiger partial charge in [0.1, 0.15) is 5.82 Å². The minimum Gasteiger partial charge on any atom is -0.344 e. The molecule has 6 rings (SSSR count). The third-order valence-corrected chi connectivity index (χ3v) is 6.02. The van der Waals surface area contributed by atoms with E-state index in [2.05, 4.69) is 10.3 Å². The van der Waals surface area contributed by atoms with E-state index in [1.165, 1.54) is 49.3 Å². The number of rotatable bonds is 1. The topological polar surface area (TPSA) is 40.7 Å².